The largest absolute Gasteiger partial charge is 0.506 e. The fraction of sp³-hybridized carbons (Fsp3) is 0.0909. The van der Waals surface area contributed by atoms with Crippen LogP contribution in [0.15, 0.2) is 38.8 Å². The smallest absolute Gasteiger partial charge is 0.187 e. The first-order valence-corrected chi connectivity index (χ1v) is 6.90. The van der Waals surface area contributed by atoms with Gasteiger partial charge in [-0.1, -0.05) is 22.0 Å². The van der Waals surface area contributed by atoms with Crippen molar-refractivity contribution < 1.29 is 5.11 Å². The molecule has 1 aromatic rings. The summed E-state index contributed by atoms with van der Waals surface area (Å²) >= 11 is 11.5. The molecule has 0 radical (unpaired) electrons. The van der Waals surface area contributed by atoms with Crippen LogP contribution in [-0.4, -0.2) is 23.0 Å². The van der Waals surface area contributed by atoms with Crippen molar-refractivity contribution >= 4 is 55.4 Å². The van der Waals surface area contributed by atoms with E-state index in [2.05, 4.69) is 54.3 Å². The lowest BCUT2D eigenvalue weighted by molar-refractivity contribution is 0.471. The molecule has 0 saturated heterocycles. The number of aromatic hydroxyl groups is 1. The summed E-state index contributed by atoms with van der Waals surface area (Å²) in [6, 6.07) is 3.49. The molecule has 0 aliphatic carbocycles. The Morgan fingerprint density at radius 1 is 1.50 bits per heavy atom. The van der Waals surface area contributed by atoms with Gasteiger partial charge in [0.2, 0.25) is 0 Å². The predicted octanol–water partition coefficient (Wildman–Crippen LogP) is 2.90. The van der Waals surface area contributed by atoms with Gasteiger partial charge in [-0.3, -0.25) is 5.43 Å². The van der Waals surface area contributed by atoms with Gasteiger partial charge >= 0.3 is 0 Å². The normalized spacial score (nSPS) is 10.3. The molecule has 0 aromatic heterocycles. The molecule has 0 heterocycles. The molecule has 96 valence electrons. The zero-order valence-electron chi connectivity index (χ0n) is 9.28. The van der Waals surface area contributed by atoms with Gasteiger partial charge in [-0.05, 0) is 40.3 Å². The minimum Gasteiger partial charge on any atom is -0.506 e. The van der Waals surface area contributed by atoms with Crippen LogP contribution in [0.5, 0.6) is 5.75 Å². The van der Waals surface area contributed by atoms with E-state index in [1.807, 2.05) is 0 Å². The van der Waals surface area contributed by atoms with Crippen LogP contribution in [0.1, 0.15) is 5.56 Å². The Labute approximate surface area is 127 Å². The number of benzene rings is 1. The zero-order chi connectivity index (χ0) is 13.5. The zero-order valence-corrected chi connectivity index (χ0v) is 13.3. The maximum absolute atomic E-state index is 9.78. The van der Waals surface area contributed by atoms with Crippen molar-refractivity contribution in [3.05, 3.63) is 39.3 Å². The number of hydrogen-bond acceptors (Lipinski definition) is 3. The Morgan fingerprint density at radius 3 is 2.89 bits per heavy atom. The first kappa shape index (κ1) is 15.1. The van der Waals surface area contributed by atoms with E-state index in [4.69, 9.17) is 12.2 Å². The minimum absolute atomic E-state index is 0.119. The summed E-state index contributed by atoms with van der Waals surface area (Å²) in [4.78, 5) is 0. The third-order valence-corrected chi connectivity index (χ3v) is 3.13. The first-order chi connectivity index (χ1) is 8.54. The van der Waals surface area contributed by atoms with Crippen LogP contribution in [0.25, 0.3) is 0 Å². The van der Waals surface area contributed by atoms with Crippen LogP contribution < -0.4 is 10.7 Å². The highest BCUT2D eigenvalue weighted by Crippen LogP contribution is 2.30. The van der Waals surface area contributed by atoms with Gasteiger partial charge in [0.1, 0.15) is 5.75 Å². The molecule has 7 heteroatoms. The van der Waals surface area contributed by atoms with Crippen LogP contribution in [0.4, 0.5) is 0 Å². The van der Waals surface area contributed by atoms with Crippen LogP contribution in [-0.2, 0) is 0 Å². The molecule has 0 spiro atoms. The van der Waals surface area contributed by atoms with Crippen LogP contribution >= 0.6 is 44.1 Å². The highest BCUT2D eigenvalue weighted by atomic mass is 79.9. The number of hydrazone groups is 1. The predicted molar refractivity (Wildman–Crippen MR) is 85.0 cm³/mol. The first-order valence-electron chi connectivity index (χ1n) is 4.90. The molecule has 0 saturated carbocycles. The van der Waals surface area contributed by atoms with Crippen molar-refractivity contribution in [2.24, 2.45) is 5.10 Å². The van der Waals surface area contributed by atoms with Crippen LogP contribution in [0.2, 0.25) is 0 Å². The van der Waals surface area contributed by atoms with Gasteiger partial charge in [-0.2, -0.15) is 5.10 Å². The Hall–Kier alpha value is -0.920. The topological polar surface area (TPSA) is 56.7 Å². The number of phenolic OH excluding ortho intramolecular Hbond substituents is 1. The summed E-state index contributed by atoms with van der Waals surface area (Å²) < 4.78 is 1.42. The molecule has 0 amide bonds. The molecule has 0 aliphatic heterocycles. The van der Waals surface area contributed by atoms with Crippen molar-refractivity contribution in [2.45, 2.75) is 0 Å². The minimum atomic E-state index is 0.119. The average Bonchev–Trinajstić information content (AvgIpc) is 2.32. The highest BCUT2D eigenvalue weighted by molar-refractivity contribution is 9.11. The van der Waals surface area contributed by atoms with Gasteiger partial charge in [0.25, 0.3) is 0 Å². The fourth-order valence-electron chi connectivity index (χ4n) is 1.05. The van der Waals surface area contributed by atoms with E-state index < -0.39 is 0 Å². The van der Waals surface area contributed by atoms with Crippen molar-refractivity contribution in [1.82, 2.24) is 10.7 Å². The fourth-order valence-corrected chi connectivity index (χ4v) is 2.44. The van der Waals surface area contributed by atoms with Crippen molar-refractivity contribution in [3.8, 4) is 5.75 Å². The molecule has 0 fully saturated rings. The summed E-state index contributed by atoms with van der Waals surface area (Å²) in [5.41, 5.74) is 3.20. The van der Waals surface area contributed by atoms with E-state index in [0.29, 0.717) is 21.7 Å². The van der Waals surface area contributed by atoms with E-state index in [9.17, 15) is 5.11 Å². The van der Waals surface area contributed by atoms with Crippen molar-refractivity contribution in [3.63, 3.8) is 0 Å². The second-order valence-electron chi connectivity index (χ2n) is 3.19. The summed E-state index contributed by atoms with van der Waals surface area (Å²) in [7, 11) is 0. The summed E-state index contributed by atoms with van der Waals surface area (Å²) in [5.74, 6) is 0.119. The molecule has 0 unspecified atom stereocenters. The second kappa shape index (κ2) is 7.50. The highest BCUT2D eigenvalue weighted by Gasteiger charge is 2.05. The molecule has 4 nitrogen and oxygen atoms in total. The third kappa shape index (κ3) is 4.75. The number of rotatable bonds is 4. The van der Waals surface area contributed by atoms with Crippen LogP contribution in [0, 0.1) is 0 Å². The van der Waals surface area contributed by atoms with Gasteiger partial charge < -0.3 is 10.4 Å². The number of thiocarbonyl (C=S) groups is 1. The third-order valence-electron chi connectivity index (χ3n) is 1.83. The van der Waals surface area contributed by atoms with E-state index in [1.165, 1.54) is 6.21 Å². The van der Waals surface area contributed by atoms with Gasteiger partial charge in [0, 0.05) is 16.6 Å². The Bertz CT molecular complexity index is 491. The number of hydrogen-bond donors (Lipinski definition) is 3. The number of halogens is 2. The van der Waals surface area contributed by atoms with Crippen LogP contribution in [0.3, 0.4) is 0 Å². The standard InChI is InChI=1S/C11H11Br2N3OS/c1-2-3-14-11(18)16-15-6-7-4-8(12)5-9(13)10(7)17/h2,4-6,17H,1,3H2,(H2,14,16,18)/b15-6-. The summed E-state index contributed by atoms with van der Waals surface area (Å²) in [6.07, 6.45) is 3.17. The molecular weight excluding hydrogens is 382 g/mol. The number of phenols is 1. The Kier molecular flexibility index (Phi) is 6.31. The van der Waals surface area contributed by atoms with Gasteiger partial charge in [0.15, 0.2) is 5.11 Å². The van der Waals surface area contributed by atoms with Gasteiger partial charge in [-0.15, -0.1) is 6.58 Å². The molecule has 0 bridgehead atoms. The molecule has 18 heavy (non-hydrogen) atoms. The quantitative estimate of drug-likeness (QED) is 0.319. The molecule has 0 atom stereocenters. The van der Waals surface area contributed by atoms with Gasteiger partial charge in [0.05, 0.1) is 10.7 Å². The maximum Gasteiger partial charge on any atom is 0.187 e. The lowest BCUT2D eigenvalue weighted by Crippen LogP contribution is -2.31. The van der Waals surface area contributed by atoms with Gasteiger partial charge in [-0.25, -0.2) is 0 Å². The summed E-state index contributed by atoms with van der Waals surface area (Å²) in [5, 5.41) is 17.0. The SMILES string of the molecule is C=CCNC(=S)N/N=C\c1cc(Br)cc(Br)c1O. The molecule has 0 aliphatic rings. The Morgan fingerprint density at radius 2 is 2.22 bits per heavy atom. The lowest BCUT2D eigenvalue weighted by Gasteiger charge is -2.05. The van der Waals surface area contributed by atoms with E-state index in [1.54, 1.807) is 18.2 Å². The van der Waals surface area contributed by atoms with E-state index in [-0.39, 0.29) is 5.75 Å². The van der Waals surface area contributed by atoms with Crippen molar-refractivity contribution in [1.29, 1.82) is 0 Å². The average molecular weight is 393 g/mol. The molecular formula is C11H11Br2N3OS. The monoisotopic (exact) mass is 391 g/mol. The summed E-state index contributed by atoms with van der Waals surface area (Å²) in [6.45, 7) is 4.12. The lowest BCUT2D eigenvalue weighted by atomic mass is 10.2. The van der Waals surface area contributed by atoms with E-state index in [0.717, 1.165) is 4.47 Å². The molecule has 1 rings (SSSR count). The Balaban J connectivity index is 2.67. The second-order valence-corrected chi connectivity index (χ2v) is 5.37. The maximum atomic E-state index is 9.78. The van der Waals surface area contributed by atoms with Crippen molar-refractivity contribution in [2.75, 3.05) is 6.54 Å². The number of nitrogens with one attached hydrogen (secondary N) is 2. The number of nitrogens with zero attached hydrogens (tertiary/aromatic N) is 1. The van der Waals surface area contributed by atoms with E-state index >= 15 is 0 Å². The molecule has 3 N–H and O–H groups in total. The molecule has 1 aromatic carbocycles.